The van der Waals surface area contributed by atoms with Crippen molar-refractivity contribution >= 4 is 0 Å². The van der Waals surface area contributed by atoms with Gasteiger partial charge >= 0.3 is 0 Å². The van der Waals surface area contributed by atoms with Crippen molar-refractivity contribution in [3.05, 3.63) is 0 Å². The molecule has 0 radical (unpaired) electrons. The van der Waals surface area contributed by atoms with Crippen LogP contribution in [0.2, 0.25) is 0 Å². The van der Waals surface area contributed by atoms with Crippen molar-refractivity contribution in [1.29, 1.82) is 0 Å². The predicted octanol–water partition coefficient (Wildman–Crippen LogP) is -12.7. The first-order valence-electron chi connectivity index (χ1n) is 22.6. The summed E-state index contributed by atoms with van der Waals surface area (Å²) in [5, 5.41) is 203. The zero-order chi connectivity index (χ0) is 51.5. The summed E-state index contributed by atoms with van der Waals surface area (Å²) in [6.45, 7) is -3.97. The minimum absolute atomic E-state index is 0.00456. The lowest BCUT2D eigenvalue weighted by Crippen LogP contribution is -2.69. The molecule has 0 aliphatic carbocycles. The molecule has 0 bridgehead atoms. The summed E-state index contributed by atoms with van der Waals surface area (Å²) in [6.07, 6.45) is -58.1. The summed E-state index contributed by atoms with van der Waals surface area (Å²) < 4.78 is 69.3. The van der Waals surface area contributed by atoms with Gasteiger partial charge in [0.1, 0.15) is 146 Å². The lowest BCUT2D eigenvalue weighted by molar-refractivity contribution is -0.417. The average molecular weight is 1030 g/mol. The van der Waals surface area contributed by atoms with Crippen LogP contribution in [-0.4, -0.2) is 328 Å². The third-order valence-corrected chi connectivity index (χ3v) is 12.9. The molecule has 0 aromatic carbocycles. The van der Waals surface area contributed by atoms with Crippen LogP contribution >= 0.6 is 0 Å². The Morgan fingerprint density at radius 1 is 0.271 bits per heavy atom. The second kappa shape index (κ2) is 25.5. The van der Waals surface area contributed by atoms with E-state index >= 15 is 0 Å². The average Bonchev–Trinajstić information content (AvgIpc) is 3.35. The van der Waals surface area contributed by atoms with E-state index in [-0.39, 0.29) is 6.61 Å². The van der Waals surface area contributed by atoms with Crippen LogP contribution < -0.4 is 0 Å². The van der Waals surface area contributed by atoms with E-state index < -0.39 is 224 Å². The number of aliphatic hydroxyl groups is 19. The Labute approximate surface area is 397 Å². The van der Waals surface area contributed by atoms with Crippen LogP contribution in [0.3, 0.4) is 0 Å². The van der Waals surface area contributed by atoms with Crippen LogP contribution in [0.25, 0.3) is 0 Å². The maximum absolute atomic E-state index is 11.6. The number of hydrogen-bond donors (Lipinski definition) is 19. The molecule has 6 aliphatic heterocycles. The number of aliphatic hydroxyl groups excluding tert-OH is 19. The summed E-state index contributed by atoms with van der Waals surface area (Å²) in [7, 11) is 0. The molecule has 31 heteroatoms. The Morgan fingerprint density at radius 2 is 0.486 bits per heavy atom. The monoisotopic (exact) mass is 1030 g/mol. The van der Waals surface area contributed by atoms with Gasteiger partial charge in [-0.05, 0) is 6.42 Å². The minimum Gasteiger partial charge on any atom is -0.394 e. The topological polar surface area (TPSA) is 495 Å². The maximum Gasteiger partial charge on any atom is 0.187 e. The van der Waals surface area contributed by atoms with Gasteiger partial charge in [0.2, 0.25) is 0 Å². The highest BCUT2D eigenvalue weighted by atomic mass is 16.8. The Morgan fingerprint density at radius 3 is 0.743 bits per heavy atom. The Kier molecular flexibility index (Phi) is 21.2. The van der Waals surface area contributed by atoms with E-state index in [1.54, 1.807) is 6.92 Å². The minimum atomic E-state index is -2.23. The largest absolute Gasteiger partial charge is 0.394 e. The molecule has 6 aliphatic rings. The molecule has 0 aromatic heterocycles. The van der Waals surface area contributed by atoms with Gasteiger partial charge < -0.3 is 154 Å². The molecule has 410 valence electrons. The summed E-state index contributed by atoms with van der Waals surface area (Å²) >= 11 is 0. The van der Waals surface area contributed by atoms with Crippen LogP contribution in [0.4, 0.5) is 0 Å². The van der Waals surface area contributed by atoms with Gasteiger partial charge in [-0.1, -0.05) is 6.92 Å². The zero-order valence-corrected chi connectivity index (χ0v) is 37.4. The normalized spacial score (nSPS) is 51.6. The highest BCUT2D eigenvalue weighted by Crippen LogP contribution is 2.38. The molecular weight excluding hydrogens is 964 g/mol. The van der Waals surface area contributed by atoms with Gasteiger partial charge in [0.25, 0.3) is 0 Å². The molecule has 6 fully saturated rings. The number of ether oxygens (including phenoxy) is 12. The van der Waals surface area contributed by atoms with Crippen LogP contribution in [-0.2, 0) is 56.8 Å². The number of hydrogen-bond acceptors (Lipinski definition) is 31. The van der Waals surface area contributed by atoms with Crippen LogP contribution in [0, 0.1) is 0 Å². The lowest BCUT2D eigenvalue weighted by Gasteiger charge is -2.50. The molecule has 0 amide bonds. The Bertz CT molecular complexity index is 1560. The van der Waals surface area contributed by atoms with Crippen LogP contribution in [0.15, 0.2) is 0 Å². The first kappa shape index (κ1) is 58.0. The van der Waals surface area contributed by atoms with Crippen molar-refractivity contribution < 1.29 is 154 Å². The smallest absolute Gasteiger partial charge is 0.187 e. The van der Waals surface area contributed by atoms with Crippen LogP contribution in [0.1, 0.15) is 13.3 Å². The predicted molar refractivity (Wildman–Crippen MR) is 213 cm³/mol. The lowest BCUT2D eigenvalue weighted by atomic mass is 9.95. The van der Waals surface area contributed by atoms with E-state index in [1.165, 1.54) is 0 Å². The van der Waals surface area contributed by atoms with Crippen molar-refractivity contribution in [2.45, 2.75) is 198 Å². The van der Waals surface area contributed by atoms with Crippen molar-refractivity contribution in [3.63, 3.8) is 0 Å². The summed E-state index contributed by atoms with van der Waals surface area (Å²) in [5.41, 5.74) is 0. The molecule has 31 nitrogen and oxygen atoms in total. The first-order chi connectivity index (χ1) is 33.3. The van der Waals surface area contributed by atoms with Gasteiger partial charge in [-0.3, -0.25) is 0 Å². The molecule has 30 atom stereocenters. The van der Waals surface area contributed by atoms with E-state index in [1.807, 2.05) is 0 Å². The van der Waals surface area contributed by atoms with Gasteiger partial charge in [0.05, 0.1) is 39.6 Å². The molecule has 19 N–H and O–H groups in total. The highest BCUT2D eigenvalue weighted by Gasteiger charge is 2.58. The highest BCUT2D eigenvalue weighted by molar-refractivity contribution is 5.00. The fourth-order valence-electron chi connectivity index (χ4n) is 8.77. The van der Waals surface area contributed by atoms with Crippen molar-refractivity contribution in [2.75, 3.05) is 46.2 Å². The maximum atomic E-state index is 11.6. The fourth-order valence-corrected chi connectivity index (χ4v) is 8.77. The van der Waals surface area contributed by atoms with Crippen molar-refractivity contribution in [2.24, 2.45) is 0 Å². The van der Waals surface area contributed by atoms with E-state index in [4.69, 9.17) is 56.8 Å². The quantitative estimate of drug-likeness (QED) is 0.0571. The Hall–Kier alpha value is -1.24. The number of rotatable bonds is 19. The van der Waals surface area contributed by atoms with Gasteiger partial charge in [0.15, 0.2) is 37.7 Å². The molecule has 0 saturated carbocycles. The summed E-state index contributed by atoms with van der Waals surface area (Å²) in [6, 6.07) is 0. The second-order valence-corrected chi connectivity index (χ2v) is 17.6. The fraction of sp³-hybridized carbons (Fsp3) is 1.00. The molecule has 70 heavy (non-hydrogen) atoms. The van der Waals surface area contributed by atoms with Gasteiger partial charge in [-0.25, -0.2) is 0 Å². The molecule has 6 heterocycles. The van der Waals surface area contributed by atoms with E-state index in [0.29, 0.717) is 6.42 Å². The van der Waals surface area contributed by atoms with E-state index in [2.05, 4.69) is 0 Å². The SMILES string of the molecule is CCCO[C@@H]1O[C@H](CO)[C@@H](O)[C@H](O)[C@@H]1O[C@@H]1O[C@H](CO)[C@@H](O)[C@H](O)[C@@H]1O[C@@H]1O[C@H](CO)[C@@H](O)[C@H](O)[C@@H]1O[C@@H]1O[C@H](CO)[C@@H](O)[C@H](O)[C@@H]1O[C@@H]1O[C@H](CO)[C@@H](O)[C@H](O)[C@@H]1O[C@@H]1O[C@H](CO)[C@@H](O)[C@H](O)[C@@H]1O. The second-order valence-electron chi connectivity index (χ2n) is 17.6. The first-order valence-corrected chi connectivity index (χ1v) is 22.6. The molecule has 6 saturated heterocycles. The van der Waals surface area contributed by atoms with E-state index in [0.717, 1.165) is 0 Å². The third-order valence-electron chi connectivity index (χ3n) is 12.9. The van der Waals surface area contributed by atoms with Gasteiger partial charge in [0, 0.05) is 6.61 Å². The third kappa shape index (κ3) is 12.1. The molecular formula is C39H68O31. The van der Waals surface area contributed by atoms with E-state index in [9.17, 15) is 97.0 Å². The summed E-state index contributed by atoms with van der Waals surface area (Å²) in [4.78, 5) is 0. The van der Waals surface area contributed by atoms with Gasteiger partial charge in [-0.2, -0.15) is 0 Å². The summed E-state index contributed by atoms with van der Waals surface area (Å²) in [5.74, 6) is 0. The zero-order valence-electron chi connectivity index (χ0n) is 37.4. The molecule has 0 spiro atoms. The standard InChI is InChI=1S/C39H68O31/c1-2-3-59-35-29(23(53)17(47)11(5-41)61-35)67-37-31(25(55)19(49)13(7-43)63-37)69-39-33(27(57)21(51)15(9-45)65-39)70-38-32(26(56)20(50)14(8-44)64-38)68-36-30(24(54)18(48)12(6-42)62-36)66-34-28(58)22(52)16(46)10(4-40)60-34/h10-58H,2-9H2,1H3/t10-,11-,12-,13-,14-,15-,16-,17-,18-,19-,20-,21-,22+,23+,24+,25+,26+,27+,28+,29+,30+,31+,32+,33+,34+,35-,36+,37+,38+,39+/m1/s1. The van der Waals surface area contributed by atoms with Crippen molar-refractivity contribution in [3.8, 4) is 0 Å². The molecule has 6 rings (SSSR count). The Balaban J connectivity index is 1.32. The van der Waals surface area contributed by atoms with Gasteiger partial charge in [-0.15, -0.1) is 0 Å². The molecule has 0 aromatic rings. The molecule has 0 unspecified atom stereocenters. The van der Waals surface area contributed by atoms with Crippen molar-refractivity contribution in [1.82, 2.24) is 0 Å². The van der Waals surface area contributed by atoms with Crippen LogP contribution in [0.5, 0.6) is 0 Å².